The van der Waals surface area contributed by atoms with Crippen molar-refractivity contribution < 1.29 is 13.9 Å². The predicted octanol–water partition coefficient (Wildman–Crippen LogP) is 3.52. The Kier molecular flexibility index (Phi) is 6.96. The predicted molar refractivity (Wildman–Crippen MR) is 79.6 cm³/mol. The van der Waals surface area contributed by atoms with Crippen molar-refractivity contribution >= 4 is 0 Å². The molecule has 0 unspecified atom stereocenters. The number of halogens is 1. The lowest BCUT2D eigenvalue weighted by Gasteiger charge is -2.20. The summed E-state index contributed by atoms with van der Waals surface area (Å²) in [5.74, 6) is 0.476. The van der Waals surface area contributed by atoms with Crippen molar-refractivity contribution in [3.63, 3.8) is 0 Å². The Morgan fingerprint density at radius 2 is 1.95 bits per heavy atom. The minimum absolute atomic E-state index is 0.169. The SMILES string of the molecule is CCCNCc1cc(F)ccc1OCCOC(C)(C)C. The summed E-state index contributed by atoms with van der Waals surface area (Å²) >= 11 is 0. The molecule has 1 aromatic rings. The Morgan fingerprint density at radius 3 is 2.60 bits per heavy atom. The van der Waals surface area contributed by atoms with Gasteiger partial charge in [0.1, 0.15) is 18.2 Å². The van der Waals surface area contributed by atoms with E-state index in [0.717, 1.165) is 18.5 Å². The molecular weight excluding hydrogens is 257 g/mol. The van der Waals surface area contributed by atoms with Crippen LogP contribution in [-0.4, -0.2) is 25.4 Å². The molecule has 3 nitrogen and oxygen atoms in total. The summed E-state index contributed by atoms with van der Waals surface area (Å²) in [7, 11) is 0. The van der Waals surface area contributed by atoms with Crippen LogP contribution in [0.3, 0.4) is 0 Å². The normalized spacial score (nSPS) is 11.7. The van der Waals surface area contributed by atoms with Crippen LogP contribution in [0.25, 0.3) is 0 Å². The third kappa shape index (κ3) is 6.87. The Morgan fingerprint density at radius 1 is 1.20 bits per heavy atom. The zero-order valence-corrected chi connectivity index (χ0v) is 13.0. The van der Waals surface area contributed by atoms with Crippen LogP contribution in [0.15, 0.2) is 18.2 Å². The first kappa shape index (κ1) is 16.9. The highest BCUT2D eigenvalue weighted by Gasteiger charge is 2.10. The standard InChI is InChI=1S/C16H26FNO2/c1-5-8-18-12-13-11-14(17)6-7-15(13)19-9-10-20-16(2,3)4/h6-7,11,18H,5,8-10,12H2,1-4H3. The molecule has 0 saturated heterocycles. The van der Waals surface area contributed by atoms with Crippen LogP contribution >= 0.6 is 0 Å². The Hall–Kier alpha value is -1.13. The highest BCUT2D eigenvalue weighted by molar-refractivity contribution is 5.33. The van der Waals surface area contributed by atoms with Crippen LogP contribution in [0.1, 0.15) is 39.7 Å². The number of nitrogens with one attached hydrogen (secondary N) is 1. The van der Waals surface area contributed by atoms with Crippen LogP contribution in [0.4, 0.5) is 4.39 Å². The lowest BCUT2D eigenvalue weighted by molar-refractivity contribution is -0.0164. The molecule has 0 atom stereocenters. The summed E-state index contributed by atoms with van der Waals surface area (Å²) in [6.07, 6.45) is 1.05. The maximum absolute atomic E-state index is 13.3. The quantitative estimate of drug-likeness (QED) is 0.740. The van der Waals surface area contributed by atoms with E-state index in [2.05, 4.69) is 12.2 Å². The van der Waals surface area contributed by atoms with Gasteiger partial charge in [0, 0.05) is 12.1 Å². The van der Waals surface area contributed by atoms with Gasteiger partial charge in [0.2, 0.25) is 0 Å². The third-order valence-corrected chi connectivity index (χ3v) is 2.64. The van der Waals surface area contributed by atoms with Gasteiger partial charge >= 0.3 is 0 Å². The van der Waals surface area contributed by atoms with Crippen molar-refractivity contribution in [2.24, 2.45) is 0 Å². The molecule has 0 heterocycles. The lowest BCUT2D eigenvalue weighted by Crippen LogP contribution is -2.22. The Bertz CT molecular complexity index is 402. The average Bonchev–Trinajstić information content (AvgIpc) is 2.36. The number of ether oxygens (including phenoxy) is 2. The molecule has 0 radical (unpaired) electrons. The zero-order chi connectivity index (χ0) is 15.0. The summed E-state index contributed by atoms with van der Waals surface area (Å²) in [5, 5.41) is 3.26. The third-order valence-electron chi connectivity index (χ3n) is 2.64. The van der Waals surface area contributed by atoms with Gasteiger partial charge in [-0.2, -0.15) is 0 Å². The van der Waals surface area contributed by atoms with E-state index < -0.39 is 0 Å². The van der Waals surface area contributed by atoms with E-state index >= 15 is 0 Å². The smallest absolute Gasteiger partial charge is 0.124 e. The first-order valence-electron chi connectivity index (χ1n) is 7.18. The van der Waals surface area contributed by atoms with Crippen LogP contribution in [0.5, 0.6) is 5.75 Å². The van der Waals surface area contributed by atoms with Crippen LogP contribution in [0.2, 0.25) is 0 Å². The van der Waals surface area contributed by atoms with Gasteiger partial charge in [0.25, 0.3) is 0 Å². The van der Waals surface area contributed by atoms with E-state index in [1.807, 2.05) is 20.8 Å². The van der Waals surface area contributed by atoms with E-state index in [9.17, 15) is 4.39 Å². The fourth-order valence-electron chi connectivity index (χ4n) is 1.73. The maximum Gasteiger partial charge on any atom is 0.124 e. The second-order valence-electron chi connectivity index (χ2n) is 5.74. The molecule has 0 aliphatic carbocycles. The van der Waals surface area contributed by atoms with Gasteiger partial charge in [-0.1, -0.05) is 6.92 Å². The molecule has 0 aliphatic heterocycles. The van der Waals surface area contributed by atoms with Gasteiger partial charge in [0.15, 0.2) is 0 Å². The van der Waals surface area contributed by atoms with Crippen molar-refractivity contribution in [2.75, 3.05) is 19.8 Å². The maximum atomic E-state index is 13.3. The van der Waals surface area contributed by atoms with Gasteiger partial charge in [0.05, 0.1) is 12.2 Å². The van der Waals surface area contributed by atoms with Gasteiger partial charge < -0.3 is 14.8 Å². The molecule has 1 rings (SSSR count). The van der Waals surface area contributed by atoms with Crippen molar-refractivity contribution in [3.8, 4) is 5.75 Å². The second kappa shape index (κ2) is 8.22. The fourth-order valence-corrected chi connectivity index (χ4v) is 1.73. The zero-order valence-electron chi connectivity index (χ0n) is 13.0. The molecule has 1 aromatic carbocycles. The fraction of sp³-hybridized carbons (Fsp3) is 0.625. The van der Waals surface area contributed by atoms with Crippen molar-refractivity contribution in [2.45, 2.75) is 46.3 Å². The van der Waals surface area contributed by atoms with E-state index in [4.69, 9.17) is 9.47 Å². The molecule has 0 spiro atoms. The Balaban J connectivity index is 2.51. The highest BCUT2D eigenvalue weighted by atomic mass is 19.1. The van der Waals surface area contributed by atoms with E-state index in [1.54, 1.807) is 6.07 Å². The molecule has 0 amide bonds. The van der Waals surface area contributed by atoms with Gasteiger partial charge in [-0.15, -0.1) is 0 Å². The van der Waals surface area contributed by atoms with E-state index in [1.165, 1.54) is 12.1 Å². The highest BCUT2D eigenvalue weighted by Crippen LogP contribution is 2.20. The van der Waals surface area contributed by atoms with Crippen LogP contribution in [0, 0.1) is 5.82 Å². The van der Waals surface area contributed by atoms with Gasteiger partial charge in [-0.25, -0.2) is 4.39 Å². The minimum atomic E-state index is -0.239. The number of hydrogen-bond acceptors (Lipinski definition) is 3. The van der Waals surface area contributed by atoms with Gasteiger partial charge in [-0.05, 0) is 51.9 Å². The van der Waals surface area contributed by atoms with Gasteiger partial charge in [-0.3, -0.25) is 0 Å². The number of benzene rings is 1. The van der Waals surface area contributed by atoms with Crippen LogP contribution < -0.4 is 10.1 Å². The second-order valence-corrected chi connectivity index (χ2v) is 5.74. The molecule has 4 heteroatoms. The lowest BCUT2D eigenvalue weighted by atomic mass is 10.2. The van der Waals surface area contributed by atoms with Crippen LogP contribution in [-0.2, 0) is 11.3 Å². The molecule has 0 bridgehead atoms. The summed E-state index contributed by atoms with van der Waals surface area (Å²) in [6, 6.07) is 4.61. The molecule has 114 valence electrons. The summed E-state index contributed by atoms with van der Waals surface area (Å²) in [4.78, 5) is 0. The summed E-state index contributed by atoms with van der Waals surface area (Å²) in [5.41, 5.74) is 0.673. The molecule has 0 aromatic heterocycles. The molecule has 0 fully saturated rings. The molecule has 20 heavy (non-hydrogen) atoms. The van der Waals surface area contributed by atoms with Crippen molar-refractivity contribution in [1.82, 2.24) is 5.32 Å². The first-order chi connectivity index (χ1) is 9.42. The average molecular weight is 283 g/mol. The first-order valence-corrected chi connectivity index (χ1v) is 7.18. The largest absolute Gasteiger partial charge is 0.491 e. The number of hydrogen-bond donors (Lipinski definition) is 1. The molecule has 0 saturated carbocycles. The molecular formula is C16H26FNO2. The topological polar surface area (TPSA) is 30.5 Å². The monoisotopic (exact) mass is 283 g/mol. The minimum Gasteiger partial charge on any atom is -0.491 e. The summed E-state index contributed by atoms with van der Waals surface area (Å²) < 4.78 is 24.6. The molecule has 0 aliphatic rings. The number of rotatable bonds is 8. The van der Waals surface area contributed by atoms with E-state index in [-0.39, 0.29) is 11.4 Å². The van der Waals surface area contributed by atoms with Crippen molar-refractivity contribution in [1.29, 1.82) is 0 Å². The Labute approximate surface area is 121 Å². The summed E-state index contributed by atoms with van der Waals surface area (Å²) in [6.45, 7) is 10.6. The van der Waals surface area contributed by atoms with E-state index in [0.29, 0.717) is 25.5 Å². The van der Waals surface area contributed by atoms with Crippen molar-refractivity contribution in [3.05, 3.63) is 29.6 Å². The molecule has 1 N–H and O–H groups in total.